The Morgan fingerprint density at radius 3 is 2.88 bits per heavy atom. The monoisotopic (exact) mass is 222 g/mol. The van der Waals surface area contributed by atoms with E-state index in [1.54, 1.807) is 4.68 Å². The highest BCUT2D eigenvalue weighted by atomic mass is 16.2. The molecule has 1 aliphatic rings. The number of hydrogen-bond donors (Lipinski definition) is 2. The summed E-state index contributed by atoms with van der Waals surface area (Å²) in [4.78, 5) is 12.0. The van der Waals surface area contributed by atoms with Gasteiger partial charge in [-0.05, 0) is 19.4 Å². The van der Waals surface area contributed by atoms with Crippen LogP contribution in [0.4, 0.5) is 5.69 Å². The van der Waals surface area contributed by atoms with E-state index in [-0.39, 0.29) is 11.8 Å². The summed E-state index contributed by atoms with van der Waals surface area (Å²) in [5.74, 6) is 0.560. The van der Waals surface area contributed by atoms with Crippen molar-refractivity contribution in [3.63, 3.8) is 0 Å². The summed E-state index contributed by atoms with van der Waals surface area (Å²) in [6, 6.07) is 0. The van der Waals surface area contributed by atoms with Gasteiger partial charge >= 0.3 is 0 Å². The molecule has 0 aromatic carbocycles. The summed E-state index contributed by atoms with van der Waals surface area (Å²) < 4.78 is 1.71. The highest BCUT2D eigenvalue weighted by Gasteiger charge is 2.29. The van der Waals surface area contributed by atoms with Gasteiger partial charge in [-0.3, -0.25) is 9.48 Å². The molecule has 1 saturated heterocycles. The zero-order valence-corrected chi connectivity index (χ0v) is 9.95. The van der Waals surface area contributed by atoms with Crippen LogP contribution in [0.5, 0.6) is 0 Å². The van der Waals surface area contributed by atoms with Gasteiger partial charge in [-0.15, -0.1) is 0 Å². The number of nitrogens with one attached hydrogen (secondary N) is 2. The van der Waals surface area contributed by atoms with Gasteiger partial charge in [0.15, 0.2) is 0 Å². The lowest BCUT2D eigenvalue weighted by Crippen LogP contribution is -2.27. The molecule has 1 aliphatic heterocycles. The third kappa shape index (κ3) is 2.09. The molecule has 2 N–H and O–H groups in total. The minimum absolute atomic E-state index is 0.0691. The van der Waals surface area contributed by atoms with Crippen molar-refractivity contribution in [1.82, 2.24) is 15.1 Å². The topological polar surface area (TPSA) is 59.0 Å². The van der Waals surface area contributed by atoms with Crippen LogP contribution in [-0.2, 0) is 11.8 Å². The van der Waals surface area contributed by atoms with Gasteiger partial charge in [-0.1, -0.05) is 6.92 Å². The van der Waals surface area contributed by atoms with Crippen LogP contribution in [0.2, 0.25) is 0 Å². The van der Waals surface area contributed by atoms with Crippen LogP contribution in [0.1, 0.15) is 12.6 Å². The van der Waals surface area contributed by atoms with E-state index in [0.29, 0.717) is 5.92 Å². The quantitative estimate of drug-likeness (QED) is 0.767. The van der Waals surface area contributed by atoms with Gasteiger partial charge in [-0.25, -0.2) is 0 Å². The molecule has 0 aliphatic carbocycles. The van der Waals surface area contributed by atoms with Gasteiger partial charge in [0.2, 0.25) is 5.91 Å². The smallest absolute Gasteiger partial charge is 0.229 e. The van der Waals surface area contributed by atoms with Gasteiger partial charge in [0.05, 0.1) is 17.3 Å². The molecule has 1 amide bonds. The fourth-order valence-corrected chi connectivity index (χ4v) is 2.11. The summed E-state index contributed by atoms with van der Waals surface area (Å²) in [7, 11) is 1.85. The number of aryl methyl sites for hydroxylation is 2. The summed E-state index contributed by atoms with van der Waals surface area (Å²) in [5.41, 5.74) is 1.67. The van der Waals surface area contributed by atoms with Crippen LogP contribution in [0.25, 0.3) is 0 Å². The maximum Gasteiger partial charge on any atom is 0.229 e. The zero-order chi connectivity index (χ0) is 11.7. The highest BCUT2D eigenvalue weighted by molar-refractivity contribution is 5.93. The van der Waals surface area contributed by atoms with Crippen LogP contribution < -0.4 is 10.6 Å². The molecular weight excluding hydrogens is 204 g/mol. The molecule has 2 atom stereocenters. The van der Waals surface area contributed by atoms with Crippen molar-refractivity contribution in [2.75, 3.05) is 18.4 Å². The number of rotatable bonds is 2. The van der Waals surface area contributed by atoms with Crippen molar-refractivity contribution in [3.8, 4) is 0 Å². The van der Waals surface area contributed by atoms with Gasteiger partial charge in [-0.2, -0.15) is 5.10 Å². The van der Waals surface area contributed by atoms with E-state index >= 15 is 0 Å². The minimum atomic E-state index is 0.0691. The number of aromatic nitrogens is 2. The zero-order valence-electron chi connectivity index (χ0n) is 9.95. The molecule has 2 heterocycles. The summed E-state index contributed by atoms with van der Waals surface area (Å²) >= 11 is 0. The standard InChI is InChI=1S/C11H18N4O/c1-7-4-12-5-9(7)11(16)13-10-6-15(3)14-8(10)2/h6-7,9,12H,4-5H2,1-3H3,(H,13,16)/t7-,9-/m1/s1. The van der Waals surface area contributed by atoms with E-state index < -0.39 is 0 Å². The number of amides is 1. The van der Waals surface area contributed by atoms with E-state index in [9.17, 15) is 4.79 Å². The number of carbonyl (C=O) groups is 1. The molecule has 5 nitrogen and oxygen atoms in total. The van der Waals surface area contributed by atoms with Crippen molar-refractivity contribution >= 4 is 11.6 Å². The Morgan fingerprint density at radius 2 is 2.38 bits per heavy atom. The predicted octanol–water partition coefficient (Wildman–Crippen LogP) is 0.523. The van der Waals surface area contributed by atoms with Gasteiger partial charge in [0.1, 0.15) is 0 Å². The third-order valence-electron chi connectivity index (χ3n) is 3.13. The second-order valence-corrected chi connectivity index (χ2v) is 4.53. The Balaban J connectivity index is 2.04. The Morgan fingerprint density at radius 1 is 1.62 bits per heavy atom. The normalized spacial score (nSPS) is 24.7. The molecule has 1 aromatic rings. The summed E-state index contributed by atoms with van der Waals surface area (Å²) in [6.07, 6.45) is 1.83. The Labute approximate surface area is 95.2 Å². The second kappa shape index (κ2) is 4.25. The van der Waals surface area contributed by atoms with Crippen molar-refractivity contribution in [3.05, 3.63) is 11.9 Å². The molecule has 0 spiro atoms. The fourth-order valence-electron chi connectivity index (χ4n) is 2.11. The van der Waals surface area contributed by atoms with Gasteiger partial charge in [0.25, 0.3) is 0 Å². The van der Waals surface area contributed by atoms with Crippen LogP contribution >= 0.6 is 0 Å². The summed E-state index contributed by atoms with van der Waals surface area (Å²) in [5, 5.41) is 10.4. The van der Waals surface area contributed by atoms with Crippen LogP contribution in [-0.4, -0.2) is 28.8 Å². The molecular formula is C11H18N4O. The summed E-state index contributed by atoms with van der Waals surface area (Å²) in [6.45, 7) is 5.68. The molecule has 5 heteroatoms. The Kier molecular flexibility index (Phi) is 2.96. The number of hydrogen-bond acceptors (Lipinski definition) is 3. The maximum atomic E-state index is 12.0. The van der Waals surface area contributed by atoms with Crippen molar-refractivity contribution in [1.29, 1.82) is 0 Å². The molecule has 0 unspecified atom stereocenters. The fraction of sp³-hybridized carbons (Fsp3) is 0.636. The predicted molar refractivity (Wildman–Crippen MR) is 62.1 cm³/mol. The van der Waals surface area contributed by atoms with Gasteiger partial charge in [0, 0.05) is 19.8 Å². The van der Waals surface area contributed by atoms with E-state index in [1.807, 2.05) is 20.2 Å². The minimum Gasteiger partial charge on any atom is -0.323 e. The van der Waals surface area contributed by atoms with E-state index in [2.05, 4.69) is 22.7 Å². The van der Waals surface area contributed by atoms with E-state index in [4.69, 9.17) is 0 Å². The molecule has 16 heavy (non-hydrogen) atoms. The molecule has 0 bridgehead atoms. The lowest BCUT2D eigenvalue weighted by Gasteiger charge is -2.13. The lowest BCUT2D eigenvalue weighted by atomic mass is 9.97. The molecule has 2 rings (SSSR count). The van der Waals surface area contributed by atoms with Crippen molar-refractivity contribution in [2.45, 2.75) is 13.8 Å². The number of anilines is 1. The third-order valence-corrected chi connectivity index (χ3v) is 3.13. The average Bonchev–Trinajstić information content (AvgIpc) is 2.74. The Hall–Kier alpha value is -1.36. The molecule has 1 aromatic heterocycles. The average molecular weight is 222 g/mol. The van der Waals surface area contributed by atoms with Crippen molar-refractivity contribution < 1.29 is 4.79 Å². The first kappa shape index (κ1) is 11.1. The molecule has 0 saturated carbocycles. The van der Waals surface area contributed by atoms with Gasteiger partial charge < -0.3 is 10.6 Å². The number of nitrogens with zero attached hydrogens (tertiary/aromatic N) is 2. The first-order chi connectivity index (χ1) is 7.58. The molecule has 88 valence electrons. The first-order valence-corrected chi connectivity index (χ1v) is 5.59. The molecule has 0 radical (unpaired) electrons. The van der Waals surface area contributed by atoms with Crippen LogP contribution in [0.15, 0.2) is 6.20 Å². The van der Waals surface area contributed by atoms with Crippen molar-refractivity contribution in [2.24, 2.45) is 18.9 Å². The number of carbonyl (C=O) groups excluding carboxylic acids is 1. The van der Waals surface area contributed by atoms with Crippen LogP contribution in [0.3, 0.4) is 0 Å². The SMILES string of the molecule is Cc1nn(C)cc1NC(=O)[C@@H]1CNC[C@H]1C. The van der Waals surface area contributed by atoms with E-state index in [0.717, 1.165) is 24.5 Å². The highest BCUT2D eigenvalue weighted by Crippen LogP contribution is 2.19. The Bertz CT molecular complexity index is 399. The molecule has 1 fully saturated rings. The van der Waals surface area contributed by atoms with Crippen LogP contribution in [0, 0.1) is 18.8 Å². The van der Waals surface area contributed by atoms with E-state index in [1.165, 1.54) is 0 Å². The first-order valence-electron chi connectivity index (χ1n) is 5.59. The second-order valence-electron chi connectivity index (χ2n) is 4.53. The lowest BCUT2D eigenvalue weighted by molar-refractivity contribution is -0.120. The largest absolute Gasteiger partial charge is 0.323 e. The maximum absolute atomic E-state index is 12.0.